The van der Waals surface area contributed by atoms with E-state index in [1.165, 1.54) is 17.1 Å². The summed E-state index contributed by atoms with van der Waals surface area (Å²) in [7, 11) is 0. The maximum atomic E-state index is 14.0. The quantitative estimate of drug-likeness (QED) is 0.698. The van der Waals surface area contributed by atoms with Crippen LogP contribution in [0.1, 0.15) is 41.5 Å². The number of rotatable bonds is 2. The normalized spacial score (nSPS) is 11.1. The van der Waals surface area contributed by atoms with E-state index < -0.39 is 23.2 Å². The summed E-state index contributed by atoms with van der Waals surface area (Å²) in [4.78, 5) is 25.3. The molecule has 0 aliphatic rings. The second kappa shape index (κ2) is 7.54. The minimum absolute atomic E-state index is 0.186. The second-order valence-corrected chi connectivity index (χ2v) is 7.65. The Labute approximate surface area is 159 Å². The molecule has 0 aliphatic heterocycles. The summed E-state index contributed by atoms with van der Waals surface area (Å²) < 4.78 is 14.6. The molecule has 0 atom stereocenters. The number of hydrazine groups is 1. The van der Waals surface area contributed by atoms with Crippen molar-refractivity contribution in [2.45, 2.75) is 26.3 Å². The van der Waals surface area contributed by atoms with Crippen LogP contribution in [0.5, 0.6) is 0 Å². The molecule has 25 heavy (non-hydrogen) atoms. The number of hydrogen-bond donors (Lipinski definition) is 1. The molecule has 2 aromatic carbocycles. The van der Waals surface area contributed by atoms with Gasteiger partial charge in [-0.25, -0.2) is 9.40 Å². The van der Waals surface area contributed by atoms with Crippen LogP contribution in [0.15, 0.2) is 46.9 Å². The van der Waals surface area contributed by atoms with Crippen LogP contribution in [0.2, 0.25) is 5.02 Å². The maximum Gasteiger partial charge on any atom is 0.273 e. The van der Waals surface area contributed by atoms with Gasteiger partial charge in [-0.3, -0.25) is 15.0 Å². The van der Waals surface area contributed by atoms with Crippen molar-refractivity contribution in [1.29, 1.82) is 0 Å². The summed E-state index contributed by atoms with van der Waals surface area (Å²) in [6.07, 6.45) is 0. The van der Waals surface area contributed by atoms with Crippen molar-refractivity contribution in [2.75, 3.05) is 0 Å². The molecule has 132 valence electrons. The lowest BCUT2D eigenvalue weighted by molar-refractivity contribution is 0.0356. The van der Waals surface area contributed by atoms with E-state index in [1.54, 1.807) is 45.0 Å². The summed E-state index contributed by atoms with van der Waals surface area (Å²) in [5.41, 5.74) is 1.96. The highest BCUT2D eigenvalue weighted by molar-refractivity contribution is 9.10. The van der Waals surface area contributed by atoms with Crippen molar-refractivity contribution in [1.82, 2.24) is 10.4 Å². The molecular formula is C18H17BrClFN2O2. The summed E-state index contributed by atoms with van der Waals surface area (Å²) >= 11 is 9.03. The van der Waals surface area contributed by atoms with Crippen LogP contribution in [-0.4, -0.2) is 22.4 Å². The fraction of sp³-hybridized carbons (Fsp3) is 0.222. The van der Waals surface area contributed by atoms with Crippen molar-refractivity contribution in [3.05, 3.63) is 68.9 Å². The van der Waals surface area contributed by atoms with Crippen molar-refractivity contribution < 1.29 is 14.0 Å². The Morgan fingerprint density at radius 2 is 1.76 bits per heavy atom. The second-order valence-electron chi connectivity index (χ2n) is 6.36. The molecule has 0 bridgehead atoms. The van der Waals surface area contributed by atoms with Gasteiger partial charge in [0, 0.05) is 9.50 Å². The van der Waals surface area contributed by atoms with Gasteiger partial charge in [0.1, 0.15) is 5.82 Å². The van der Waals surface area contributed by atoms with E-state index >= 15 is 0 Å². The van der Waals surface area contributed by atoms with E-state index in [4.69, 9.17) is 11.6 Å². The molecule has 0 aromatic heterocycles. The largest absolute Gasteiger partial charge is 0.273 e. The van der Waals surface area contributed by atoms with Crippen molar-refractivity contribution in [2.24, 2.45) is 0 Å². The van der Waals surface area contributed by atoms with Crippen molar-refractivity contribution in [3.63, 3.8) is 0 Å². The van der Waals surface area contributed by atoms with Crippen LogP contribution < -0.4 is 5.43 Å². The zero-order valence-corrected chi connectivity index (χ0v) is 16.3. The number of nitrogens with zero attached hydrogens (tertiary/aromatic N) is 1. The number of carbonyl (C=O) groups excluding carboxylic acids is 2. The lowest BCUT2D eigenvalue weighted by atomic mass is 10.1. The molecular weight excluding hydrogens is 411 g/mol. The number of amides is 2. The third-order valence-corrected chi connectivity index (χ3v) is 4.29. The number of halogens is 3. The lowest BCUT2D eigenvalue weighted by Gasteiger charge is -2.35. The first kappa shape index (κ1) is 19.4. The van der Waals surface area contributed by atoms with Gasteiger partial charge in [-0.1, -0.05) is 23.7 Å². The fourth-order valence-electron chi connectivity index (χ4n) is 2.11. The van der Waals surface area contributed by atoms with Crippen LogP contribution in [-0.2, 0) is 0 Å². The monoisotopic (exact) mass is 426 g/mol. The van der Waals surface area contributed by atoms with Gasteiger partial charge in [-0.05, 0) is 67.0 Å². The molecule has 2 aromatic rings. The van der Waals surface area contributed by atoms with Crippen LogP contribution in [0.25, 0.3) is 0 Å². The maximum absolute atomic E-state index is 14.0. The average Bonchev–Trinajstić information content (AvgIpc) is 2.51. The highest BCUT2D eigenvalue weighted by Crippen LogP contribution is 2.22. The predicted molar refractivity (Wildman–Crippen MR) is 98.9 cm³/mol. The van der Waals surface area contributed by atoms with Crippen molar-refractivity contribution >= 4 is 39.3 Å². The summed E-state index contributed by atoms with van der Waals surface area (Å²) in [6.45, 7) is 5.29. The van der Waals surface area contributed by atoms with Crippen LogP contribution in [0.4, 0.5) is 4.39 Å². The predicted octanol–water partition coefficient (Wildman–Crippen LogP) is 4.83. The lowest BCUT2D eigenvalue weighted by Crippen LogP contribution is -2.56. The Morgan fingerprint density at radius 3 is 2.32 bits per heavy atom. The van der Waals surface area contributed by atoms with Gasteiger partial charge < -0.3 is 0 Å². The molecule has 0 saturated carbocycles. The van der Waals surface area contributed by atoms with E-state index in [2.05, 4.69) is 21.4 Å². The van der Waals surface area contributed by atoms with Gasteiger partial charge in [0.25, 0.3) is 11.8 Å². The molecule has 2 rings (SSSR count). The van der Waals surface area contributed by atoms with Gasteiger partial charge in [0.05, 0.1) is 16.7 Å². The van der Waals surface area contributed by atoms with Gasteiger partial charge >= 0.3 is 0 Å². The Hall–Kier alpha value is -1.92. The minimum atomic E-state index is -0.757. The van der Waals surface area contributed by atoms with E-state index in [9.17, 15) is 14.0 Å². The number of carbonyl (C=O) groups is 2. The first-order chi connectivity index (χ1) is 11.6. The molecule has 4 nitrogen and oxygen atoms in total. The molecule has 0 aliphatic carbocycles. The van der Waals surface area contributed by atoms with Gasteiger partial charge in [0.15, 0.2) is 0 Å². The molecule has 1 N–H and O–H groups in total. The molecule has 2 amide bonds. The number of benzene rings is 2. The summed E-state index contributed by atoms with van der Waals surface area (Å²) in [5, 5.41) is 1.37. The Balaban J connectivity index is 2.34. The van der Waals surface area contributed by atoms with Gasteiger partial charge in [-0.15, -0.1) is 0 Å². The van der Waals surface area contributed by atoms with Crippen LogP contribution in [0, 0.1) is 5.82 Å². The zero-order valence-electron chi connectivity index (χ0n) is 13.9. The molecule has 7 heteroatoms. The average molecular weight is 428 g/mol. The molecule has 0 unspecified atom stereocenters. The zero-order chi connectivity index (χ0) is 18.8. The molecule has 0 fully saturated rings. The summed E-state index contributed by atoms with van der Waals surface area (Å²) in [5.74, 6) is -1.90. The van der Waals surface area contributed by atoms with E-state index in [1.807, 2.05) is 0 Å². The number of hydrogen-bond acceptors (Lipinski definition) is 2. The van der Waals surface area contributed by atoms with Gasteiger partial charge in [-0.2, -0.15) is 0 Å². The highest BCUT2D eigenvalue weighted by Gasteiger charge is 2.31. The Bertz CT molecular complexity index is 821. The molecule has 0 heterocycles. The van der Waals surface area contributed by atoms with Gasteiger partial charge in [0.2, 0.25) is 0 Å². The standard InChI is InChI=1S/C18H17BrClFN2O2/c1-18(2,3)23(17(25)12-6-4-5-7-14(12)19)22-16(24)13-9-8-11(20)10-15(13)21/h4-10H,1-3H3,(H,22,24). The Morgan fingerprint density at radius 1 is 1.12 bits per heavy atom. The Kier molecular flexibility index (Phi) is 5.85. The van der Waals surface area contributed by atoms with E-state index in [0.717, 1.165) is 6.07 Å². The molecule has 0 saturated heterocycles. The van der Waals surface area contributed by atoms with E-state index in [-0.39, 0.29) is 10.6 Å². The smallest absolute Gasteiger partial charge is 0.267 e. The first-order valence-corrected chi connectivity index (χ1v) is 8.63. The first-order valence-electron chi connectivity index (χ1n) is 7.46. The van der Waals surface area contributed by atoms with Crippen LogP contribution in [0.3, 0.4) is 0 Å². The van der Waals surface area contributed by atoms with Crippen molar-refractivity contribution in [3.8, 4) is 0 Å². The molecule has 0 spiro atoms. The number of nitrogens with one attached hydrogen (secondary N) is 1. The highest BCUT2D eigenvalue weighted by atomic mass is 79.9. The third-order valence-electron chi connectivity index (χ3n) is 3.37. The topological polar surface area (TPSA) is 49.4 Å². The minimum Gasteiger partial charge on any atom is -0.267 e. The molecule has 0 radical (unpaired) electrons. The fourth-order valence-corrected chi connectivity index (χ4v) is 2.73. The van der Waals surface area contributed by atoms with E-state index in [0.29, 0.717) is 10.0 Å². The third kappa shape index (κ3) is 4.58. The SMILES string of the molecule is CC(C)(C)N(NC(=O)c1ccc(Cl)cc1F)C(=O)c1ccccc1Br. The summed E-state index contributed by atoms with van der Waals surface area (Å²) in [6, 6.07) is 10.6. The van der Waals surface area contributed by atoms with Crippen LogP contribution >= 0.6 is 27.5 Å².